The summed E-state index contributed by atoms with van der Waals surface area (Å²) in [6.45, 7) is -1.18. The molecule has 1 aromatic heterocycles. The van der Waals surface area contributed by atoms with E-state index < -0.39 is 43.0 Å². The van der Waals surface area contributed by atoms with E-state index in [0.29, 0.717) is 5.69 Å². The Kier molecular flexibility index (Phi) is 4.15. The maximum Gasteiger partial charge on any atom is 0.394 e. The van der Waals surface area contributed by atoms with E-state index >= 15 is 0 Å². The van der Waals surface area contributed by atoms with Crippen molar-refractivity contribution in [3.05, 3.63) is 36.2 Å². The van der Waals surface area contributed by atoms with Gasteiger partial charge in [0, 0.05) is 18.7 Å². The number of carbonyl (C=O) groups is 2. The van der Waals surface area contributed by atoms with Crippen LogP contribution >= 0.6 is 0 Å². The molecule has 1 N–H and O–H groups in total. The number of likely N-dealkylation sites (tertiary alicyclic amines) is 1. The molecule has 1 aliphatic rings. The summed E-state index contributed by atoms with van der Waals surface area (Å²) in [6.07, 6.45) is -3.38. The lowest BCUT2D eigenvalue weighted by Gasteiger charge is -2.18. The lowest BCUT2D eigenvalue weighted by atomic mass is 9.96. The average molecular weight is 355 g/mol. The molecule has 0 saturated carbocycles. The van der Waals surface area contributed by atoms with Gasteiger partial charge in [-0.15, -0.1) is 5.10 Å². The fourth-order valence-electron chi connectivity index (χ4n) is 2.80. The van der Waals surface area contributed by atoms with E-state index in [1.807, 2.05) is 0 Å². The van der Waals surface area contributed by atoms with Gasteiger partial charge >= 0.3 is 12.1 Å². The molecule has 0 radical (unpaired) electrons. The Morgan fingerprint density at radius 2 is 2.00 bits per heavy atom. The third-order valence-corrected chi connectivity index (χ3v) is 4.05. The fraction of sp³-hybridized carbons (Fsp3) is 0.357. The van der Waals surface area contributed by atoms with Gasteiger partial charge in [0.2, 0.25) is 0 Å². The summed E-state index contributed by atoms with van der Waals surface area (Å²) < 4.78 is 40.4. The predicted molar refractivity (Wildman–Crippen MR) is 75.7 cm³/mol. The Balaban J connectivity index is 1.84. The Labute approximate surface area is 138 Å². The van der Waals surface area contributed by atoms with Gasteiger partial charge in [0.15, 0.2) is 0 Å². The van der Waals surface area contributed by atoms with Crippen molar-refractivity contribution >= 4 is 11.9 Å². The second-order valence-electron chi connectivity index (χ2n) is 5.61. The number of tetrazole rings is 1. The molecule has 2 aromatic rings. The van der Waals surface area contributed by atoms with Crippen molar-refractivity contribution in [1.29, 1.82) is 0 Å². The zero-order chi connectivity index (χ0) is 18.2. The highest BCUT2D eigenvalue weighted by Crippen LogP contribution is 2.38. The van der Waals surface area contributed by atoms with Gasteiger partial charge in [-0.2, -0.15) is 13.2 Å². The Bertz CT molecular complexity index is 793. The molecule has 0 aliphatic carbocycles. The first-order chi connectivity index (χ1) is 11.8. The average Bonchev–Trinajstić information content (AvgIpc) is 3.23. The summed E-state index contributed by atoms with van der Waals surface area (Å²) in [5.41, 5.74) is 0.581. The van der Waals surface area contributed by atoms with Crippen LogP contribution in [-0.4, -0.2) is 61.4 Å². The maximum absolute atomic E-state index is 13.0. The lowest BCUT2D eigenvalue weighted by molar-refractivity contribution is -0.187. The van der Waals surface area contributed by atoms with Gasteiger partial charge in [-0.05, 0) is 28.6 Å². The molecule has 1 amide bonds. The Morgan fingerprint density at radius 1 is 1.24 bits per heavy atom. The van der Waals surface area contributed by atoms with E-state index in [1.165, 1.54) is 29.2 Å². The number of carbonyl (C=O) groups excluding carboxylic acids is 1. The molecule has 2 heterocycles. The van der Waals surface area contributed by atoms with Crippen LogP contribution in [0.2, 0.25) is 0 Å². The molecule has 1 aliphatic heterocycles. The van der Waals surface area contributed by atoms with Crippen molar-refractivity contribution in [2.24, 2.45) is 11.8 Å². The minimum absolute atomic E-state index is 0.125. The lowest BCUT2D eigenvalue weighted by Crippen LogP contribution is -2.34. The van der Waals surface area contributed by atoms with Crippen molar-refractivity contribution in [2.75, 3.05) is 13.1 Å². The summed E-state index contributed by atoms with van der Waals surface area (Å²) in [7, 11) is 0. The number of halogens is 3. The zero-order valence-corrected chi connectivity index (χ0v) is 12.6. The third kappa shape index (κ3) is 3.30. The van der Waals surface area contributed by atoms with Gasteiger partial charge in [0.1, 0.15) is 6.33 Å². The molecule has 132 valence electrons. The van der Waals surface area contributed by atoms with Crippen molar-refractivity contribution in [3.63, 3.8) is 0 Å². The summed E-state index contributed by atoms with van der Waals surface area (Å²) in [5.74, 6) is -6.00. The smallest absolute Gasteiger partial charge is 0.394 e. The topological polar surface area (TPSA) is 101 Å². The molecular formula is C14H12F3N5O3. The number of aliphatic carboxylic acids is 1. The van der Waals surface area contributed by atoms with Gasteiger partial charge < -0.3 is 10.0 Å². The molecular weight excluding hydrogens is 343 g/mol. The molecule has 1 saturated heterocycles. The van der Waals surface area contributed by atoms with E-state index in [1.54, 1.807) is 6.07 Å². The monoisotopic (exact) mass is 355 g/mol. The molecule has 8 nitrogen and oxygen atoms in total. The van der Waals surface area contributed by atoms with Crippen molar-refractivity contribution in [2.45, 2.75) is 6.18 Å². The number of aromatic nitrogens is 4. The number of carboxylic acids is 1. The molecule has 1 aromatic carbocycles. The molecule has 2 atom stereocenters. The van der Waals surface area contributed by atoms with Gasteiger partial charge in [0.05, 0.1) is 17.5 Å². The number of alkyl halides is 3. The Morgan fingerprint density at radius 3 is 2.56 bits per heavy atom. The molecule has 0 unspecified atom stereocenters. The number of nitrogens with zero attached hydrogens (tertiary/aromatic N) is 5. The summed E-state index contributed by atoms with van der Waals surface area (Å²) in [5, 5.41) is 19.6. The summed E-state index contributed by atoms with van der Waals surface area (Å²) in [4.78, 5) is 24.5. The number of hydrogen-bond donors (Lipinski definition) is 1. The van der Waals surface area contributed by atoms with Crippen LogP contribution in [0.1, 0.15) is 10.4 Å². The van der Waals surface area contributed by atoms with Crippen molar-refractivity contribution in [1.82, 2.24) is 25.1 Å². The van der Waals surface area contributed by atoms with Crippen LogP contribution in [0, 0.1) is 11.8 Å². The SMILES string of the molecule is O=C(O)[C@@H]1CN(C(=O)c2cccc(-n3cnnn3)c2)C[C@H]1C(F)(F)F. The number of rotatable bonds is 3. The van der Waals surface area contributed by atoms with Crippen LogP contribution in [-0.2, 0) is 4.79 Å². The van der Waals surface area contributed by atoms with Gasteiger partial charge in [-0.1, -0.05) is 6.07 Å². The number of amides is 1. The first-order valence-electron chi connectivity index (χ1n) is 7.19. The highest BCUT2D eigenvalue weighted by Gasteiger charge is 2.53. The second-order valence-corrected chi connectivity index (χ2v) is 5.61. The standard InChI is InChI=1S/C14H12F3N5O3/c15-14(16,17)11-6-21(5-10(11)13(24)25)12(23)8-2-1-3-9(4-8)22-7-18-19-20-22/h1-4,7,10-11H,5-6H2,(H,24,25)/t10-,11-/m1/s1. The molecule has 3 rings (SSSR count). The normalized spacial score (nSPS) is 20.7. The highest BCUT2D eigenvalue weighted by molar-refractivity contribution is 5.95. The molecule has 11 heteroatoms. The van der Waals surface area contributed by atoms with E-state index in [4.69, 9.17) is 5.11 Å². The van der Waals surface area contributed by atoms with Crippen molar-refractivity contribution < 1.29 is 27.9 Å². The molecule has 25 heavy (non-hydrogen) atoms. The Hall–Kier alpha value is -2.98. The number of benzene rings is 1. The first-order valence-corrected chi connectivity index (χ1v) is 7.19. The van der Waals surface area contributed by atoms with Crippen LogP contribution in [0.25, 0.3) is 5.69 Å². The second kappa shape index (κ2) is 6.15. The number of hydrogen-bond acceptors (Lipinski definition) is 5. The van der Waals surface area contributed by atoms with Crippen LogP contribution in [0.4, 0.5) is 13.2 Å². The van der Waals surface area contributed by atoms with Crippen LogP contribution in [0.15, 0.2) is 30.6 Å². The largest absolute Gasteiger partial charge is 0.481 e. The minimum atomic E-state index is -4.69. The van der Waals surface area contributed by atoms with Gasteiger partial charge in [-0.25, -0.2) is 4.68 Å². The molecule has 0 bridgehead atoms. The van der Waals surface area contributed by atoms with E-state index in [9.17, 15) is 22.8 Å². The van der Waals surface area contributed by atoms with E-state index in [-0.39, 0.29) is 5.56 Å². The molecule has 1 fully saturated rings. The first kappa shape index (κ1) is 16.9. The fourth-order valence-corrected chi connectivity index (χ4v) is 2.80. The number of carboxylic acid groups (broad SMARTS) is 1. The minimum Gasteiger partial charge on any atom is -0.481 e. The van der Waals surface area contributed by atoms with Gasteiger partial charge in [0.25, 0.3) is 5.91 Å². The van der Waals surface area contributed by atoms with E-state index in [2.05, 4.69) is 15.5 Å². The van der Waals surface area contributed by atoms with E-state index in [0.717, 1.165) is 4.90 Å². The van der Waals surface area contributed by atoms with Gasteiger partial charge in [-0.3, -0.25) is 9.59 Å². The van der Waals surface area contributed by atoms with Crippen LogP contribution < -0.4 is 0 Å². The summed E-state index contributed by atoms with van der Waals surface area (Å²) in [6, 6.07) is 6.02. The predicted octanol–water partition coefficient (Wildman–Crippen LogP) is 0.997. The third-order valence-electron chi connectivity index (χ3n) is 4.05. The maximum atomic E-state index is 13.0. The zero-order valence-electron chi connectivity index (χ0n) is 12.6. The van der Waals surface area contributed by atoms with Crippen LogP contribution in [0.3, 0.4) is 0 Å². The summed E-state index contributed by atoms with van der Waals surface area (Å²) >= 11 is 0. The van der Waals surface area contributed by atoms with Crippen molar-refractivity contribution in [3.8, 4) is 5.69 Å². The highest BCUT2D eigenvalue weighted by atomic mass is 19.4. The quantitative estimate of drug-likeness (QED) is 0.881. The molecule has 0 spiro atoms. The van der Waals surface area contributed by atoms with Crippen LogP contribution in [0.5, 0.6) is 0 Å².